The van der Waals surface area contributed by atoms with Gasteiger partial charge in [-0.15, -0.1) is 0 Å². The number of fused-ring (bicyclic) bond motifs is 2. The molecule has 4 rings (SSSR count). The molecule has 0 unspecified atom stereocenters. The summed E-state index contributed by atoms with van der Waals surface area (Å²) in [7, 11) is 0. The van der Waals surface area contributed by atoms with E-state index < -0.39 is 5.97 Å². The highest BCUT2D eigenvalue weighted by molar-refractivity contribution is 6.09. The average Bonchev–Trinajstić information content (AvgIpc) is 3.27. The van der Waals surface area contributed by atoms with Crippen molar-refractivity contribution in [1.82, 2.24) is 4.98 Å². The van der Waals surface area contributed by atoms with Gasteiger partial charge < -0.3 is 14.1 Å². The molecule has 0 radical (unpaired) electrons. The molecule has 4 aromatic rings. The highest BCUT2D eigenvalue weighted by Crippen LogP contribution is 2.26. The molecular weight excluding hydrogens is 342 g/mol. The van der Waals surface area contributed by atoms with Gasteiger partial charge in [-0.25, -0.2) is 4.79 Å². The molecule has 2 aromatic carbocycles. The highest BCUT2D eigenvalue weighted by atomic mass is 16.5. The first-order valence-electron chi connectivity index (χ1n) is 8.87. The molecule has 0 fully saturated rings. The SMILES string of the molecule is CCc1cccc2c(C(=O)COC(=O)c3oc4ccccc4c3C)c[nH]c12. The Morgan fingerprint density at radius 2 is 1.85 bits per heavy atom. The van der Waals surface area contributed by atoms with E-state index in [9.17, 15) is 9.59 Å². The van der Waals surface area contributed by atoms with E-state index in [1.807, 2.05) is 36.4 Å². The maximum atomic E-state index is 12.6. The molecule has 0 aliphatic heterocycles. The lowest BCUT2D eigenvalue weighted by molar-refractivity contribution is 0.0445. The third kappa shape index (κ3) is 2.91. The van der Waals surface area contributed by atoms with Crippen LogP contribution in [0.1, 0.15) is 39.0 Å². The van der Waals surface area contributed by atoms with E-state index in [1.165, 1.54) is 0 Å². The monoisotopic (exact) mass is 361 g/mol. The maximum absolute atomic E-state index is 12.6. The number of hydrogen-bond acceptors (Lipinski definition) is 4. The first-order valence-corrected chi connectivity index (χ1v) is 8.87. The number of nitrogens with one attached hydrogen (secondary N) is 1. The van der Waals surface area contributed by atoms with E-state index >= 15 is 0 Å². The Kier molecular flexibility index (Phi) is 4.28. The Morgan fingerprint density at radius 1 is 1.07 bits per heavy atom. The van der Waals surface area contributed by atoms with E-state index in [1.54, 1.807) is 19.2 Å². The summed E-state index contributed by atoms with van der Waals surface area (Å²) in [5, 5.41) is 1.70. The van der Waals surface area contributed by atoms with Gasteiger partial charge in [0.05, 0.1) is 0 Å². The minimum absolute atomic E-state index is 0.135. The predicted octanol–water partition coefficient (Wildman–Crippen LogP) is 4.82. The summed E-state index contributed by atoms with van der Waals surface area (Å²) in [4.78, 5) is 28.1. The van der Waals surface area contributed by atoms with E-state index in [2.05, 4.69) is 11.9 Å². The van der Waals surface area contributed by atoms with Crippen LogP contribution in [0.3, 0.4) is 0 Å². The van der Waals surface area contributed by atoms with Gasteiger partial charge in [-0.1, -0.05) is 43.3 Å². The van der Waals surface area contributed by atoms with Crippen molar-refractivity contribution in [2.24, 2.45) is 0 Å². The molecule has 136 valence electrons. The molecule has 2 aromatic heterocycles. The number of aryl methyl sites for hydroxylation is 2. The molecule has 0 bridgehead atoms. The fraction of sp³-hybridized carbons (Fsp3) is 0.182. The Bertz CT molecular complexity index is 1170. The van der Waals surface area contributed by atoms with Crippen LogP contribution in [0.2, 0.25) is 0 Å². The number of furan rings is 1. The Hall–Kier alpha value is -3.34. The quantitative estimate of drug-likeness (QED) is 0.408. The van der Waals surface area contributed by atoms with Crippen LogP contribution in [-0.2, 0) is 11.2 Å². The number of para-hydroxylation sites is 2. The Labute approximate surface area is 155 Å². The van der Waals surface area contributed by atoms with Crippen LogP contribution in [0.25, 0.3) is 21.9 Å². The second-order valence-electron chi connectivity index (χ2n) is 6.45. The number of aromatic nitrogens is 1. The van der Waals surface area contributed by atoms with Crippen molar-refractivity contribution in [3.8, 4) is 0 Å². The molecule has 0 spiro atoms. The number of ketones is 1. The molecule has 2 heterocycles. The standard InChI is InChI=1S/C22H19NO4/c1-3-14-7-6-9-16-17(11-23-20(14)16)18(24)12-26-22(25)21-13(2)15-8-4-5-10-19(15)27-21/h4-11,23H,3,12H2,1-2H3. The number of carbonyl (C=O) groups is 2. The van der Waals surface area contributed by atoms with Crippen LogP contribution < -0.4 is 0 Å². The zero-order chi connectivity index (χ0) is 19.0. The van der Waals surface area contributed by atoms with Gasteiger partial charge in [-0.05, 0) is 25.0 Å². The third-order valence-corrected chi connectivity index (χ3v) is 4.85. The number of aromatic amines is 1. The molecular formula is C22H19NO4. The van der Waals surface area contributed by atoms with Gasteiger partial charge in [-0.3, -0.25) is 4.79 Å². The summed E-state index contributed by atoms with van der Waals surface area (Å²) in [6.07, 6.45) is 2.54. The van der Waals surface area contributed by atoms with Gasteiger partial charge in [0.15, 0.2) is 6.61 Å². The number of esters is 1. The van der Waals surface area contributed by atoms with Crippen LogP contribution in [0.4, 0.5) is 0 Å². The zero-order valence-electron chi connectivity index (χ0n) is 15.2. The molecule has 0 atom stereocenters. The summed E-state index contributed by atoms with van der Waals surface area (Å²) >= 11 is 0. The highest BCUT2D eigenvalue weighted by Gasteiger charge is 2.21. The molecule has 5 nitrogen and oxygen atoms in total. The molecule has 0 aliphatic rings. The van der Waals surface area contributed by atoms with Crippen LogP contribution in [0, 0.1) is 6.92 Å². The average molecular weight is 361 g/mol. The summed E-state index contributed by atoms with van der Waals surface area (Å²) in [5.74, 6) is -0.751. The van der Waals surface area contributed by atoms with Crippen molar-refractivity contribution in [3.05, 3.63) is 71.1 Å². The lowest BCUT2D eigenvalue weighted by Crippen LogP contribution is -2.14. The Morgan fingerprint density at radius 3 is 2.63 bits per heavy atom. The molecule has 0 amide bonds. The second-order valence-corrected chi connectivity index (χ2v) is 6.45. The maximum Gasteiger partial charge on any atom is 0.375 e. The van der Waals surface area contributed by atoms with E-state index in [0.717, 1.165) is 28.3 Å². The summed E-state index contributed by atoms with van der Waals surface area (Å²) in [6, 6.07) is 13.2. The van der Waals surface area contributed by atoms with Crippen molar-refractivity contribution >= 4 is 33.6 Å². The largest absolute Gasteiger partial charge is 0.451 e. The van der Waals surface area contributed by atoms with Crippen molar-refractivity contribution in [2.75, 3.05) is 6.61 Å². The van der Waals surface area contributed by atoms with E-state index in [0.29, 0.717) is 16.7 Å². The molecule has 5 heteroatoms. The van der Waals surface area contributed by atoms with Gasteiger partial charge in [0, 0.05) is 33.6 Å². The van der Waals surface area contributed by atoms with E-state index in [-0.39, 0.29) is 18.2 Å². The van der Waals surface area contributed by atoms with Crippen molar-refractivity contribution in [3.63, 3.8) is 0 Å². The minimum Gasteiger partial charge on any atom is -0.451 e. The number of benzene rings is 2. The summed E-state index contributed by atoms with van der Waals surface area (Å²) in [6.45, 7) is 3.53. The van der Waals surface area contributed by atoms with Gasteiger partial charge >= 0.3 is 5.97 Å². The lowest BCUT2D eigenvalue weighted by atomic mass is 10.1. The fourth-order valence-electron chi connectivity index (χ4n) is 3.39. The smallest absolute Gasteiger partial charge is 0.375 e. The summed E-state index contributed by atoms with van der Waals surface area (Å²) in [5.41, 5.74) is 3.94. The number of Topliss-reactive ketones (excluding diaryl/α,β-unsaturated/α-hetero) is 1. The normalized spacial score (nSPS) is 11.2. The molecule has 0 saturated heterocycles. The number of hydrogen-bond donors (Lipinski definition) is 1. The van der Waals surface area contributed by atoms with Gasteiger partial charge in [0.1, 0.15) is 5.58 Å². The second kappa shape index (κ2) is 6.76. The zero-order valence-corrected chi connectivity index (χ0v) is 15.2. The molecule has 0 aliphatic carbocycles. The molecule has 1 N–H and O–H groups in total. The number of H-pyrrole nitrogens is 1. The van der Waals surface area contributed by atoms with Gasteiger partial charge in [-0.2, -0.15) is 0 Å². The Balaban J connectivity index is 1.54. The molecule has 27 heavy (non-hydrogen) atoms. The molecule has 0 saturated carbocycles. The van der Waals surface area contributed by atoms with Crippen molar-refractivity contribution in [2.45, 2.75) is 20.3 Å². The minimum atomic E-state index is -0.633. The number of rotatable bonds is 5. The lowest BCUT2D eigenvalue weighted by Gasteiger charge is -2.03. The first kappa shape index (κ1) is 17.1. The summed E-state index contributed by atoms with van der Waals surface area (Å²) < 4.78 is 10.8. The van der Waals surface area contributed by atoms with Gasteiger partial charge in [0.2, 0.25) is 11.5 Å². The van der Waals surface area contributed by atoms with Gasteiger partial charge in [0.25, 0.3) is 0 Å². The third-order valence-electron chi connectivity index (χ3n) is 4.85. The van der Waals surface area contributed by atoms with Crippen molar-refractivity contribution in [1.29, 1.82) is 0 Å². The van der Waals surface area contributed by atoms with E-state index in [4.69, 9.17) is 9.15 Å². The number of carbonyl (C=O) groups excluding carboxylic acids is 2. The predicted molar refractivity (Wildman–Crippen MR) is 103 cm³/mol. The first-order chi connectivity index (χ1) is 13.1. The fourth-order valence-corrected chi connectivity index (χ4v) is 3.39. The van der Waals surface area contributed by atoms with Crippen LogP contribution in [0.5, 0.6) is 0 Å². The van der Waals surface area contributed by atoms with Crippen molar-refractivity contribution < 1.29 is 18.7 Å². The topological polar surface area (TPSA) is 72.3 Å². The van der Waals surface area contributed by atoms with Crippen LogP contribution in [-0.4, -0.2) is 23.3 Å². The van der Waals surface area contributed by atoms with Crippen LogP contribution >= 0.6 is 0 Å². The number of ether oxygens (including phenoxy) is 1. The van der Waals surface area contributed by atoms with Crippen LogP contribution in [0.15, 0.2) is 53.1 Å².